The number of hydrogen-bond acceptors (Lipinski definition) is 4. The maximum absolute atomic E-state index is 14.5. The van der Waals surface area contributed by atoms with Crippen LogP contribution in [0.4, 0.5) is 22.4 Å². The predicted octanol–water partition coefficient (Wildman–Crippen LogP) is 6.55. The van der Waals surface area contributed by atoms with Gasteiger partial charge in [-0.2, -0.15) is 18.4 Å². The second-order valence-corrected chi connectivity index (χ2v) is 9.76. The van der Waals surface area contributed by atoms with E-state index in [-0.39, 0.29) is 29.1 Å². The number of nitrogens with zero attached hydrogens (tertiary/aromatic N) is 4. The van der Waals surface area contributed by atoms with Crippen LogP contribution in [-0.4, -0.2) is 33.6 Å². The van der Waals surface area contributed by atoms with Gasteiger partial charge in [0.1, 0.15) is 11.0 Å². The molecule has 0 atom stereocenters. The Kier molecular flexibility index (Phi) is 7.61. The molecular weight excluding hydrogens is 546 g/mol. The van der Waals surface area contributed by atoms with Gasteiger partial charge >= 0.3 is 12.2 Å². The standard InChI is InChI=1S/C29H22ClF4N5O/c30-26-12-20(7-9-36-26)16-37-28(40)39-24-8-11-38(10-1-2-18-3-5-19(15-35)6-4-18)17-22(24)27-23(29(32,33)34)13-21(31)14-25(27)39/h1-7,9,12-14H,8,10-11,16-17H2,(H,37,40)/b2-1+. The number of carbonyl (C=O) groups excluding carboxylic acids is 1. The Morgan fingerprint density at radius 1 is 1.18 bits per heavy atom. The zero-order valence-corrected chi connectivity index (χ0v) is 21.7. The Labute approximate surface area is 232 Å². The second kappa shape index (κ2) is 11.1. The van der Waals surface area contributed by atoms with Gasteiger partial charge < -0.3 is 5.32 Å². The fourth-order valence-corrected chi connectivity index (χ4v) is 5.13. The summed E-state index contributed by atoms with van der Waals surface area (Å²) in [5, 5.41) is 11.7. The van der Waals surface area contributed by atoms with Crippen LogP contribution in [0.25, 0.3) is 17.0 Å². The largest absolute Gasteiger partial charge is 0.417 e. The highest BCUT2D eigenvalue weighted by Gasteiger charge is 2.38. The Hall–Kier alpha value is -4.20. The van der Waals surface area contributed by atoms with Gasteiger partial charge in [0.15, 0.2) is 0 Å². The van der Waals surface area contributed by atoms with E-state index in [1.807, 2.05) is 17.1 Å². The molecule has 0 spiro atoms. The Balaban J connectivity index is 1.47. The van der Waals surface area contributed by atoms with Gasteiger partial charge in [0.2, 0.25) is 0 Å². The molecule has 0 radical (unpaired) electrons. The maximum Gasteiger partial charge on any atom is 0.417 e. The third-order valence-electron chi connectivity index (χ3n) is 6.75. The molecule has 0 aliphatic carbocycles. The summed E-state index contributed by atoms with van der Waals surface area (Å²) in [6.07, 6.45) is 0.717. The minimum absolute atomic E-state index is 0.0588. The second-order valence-electron chi connectivity index (χ2n) is 9.37. The molecule has 6 nitrogen and oxygen atoms in total. The minimum Gasteiger partial charge on any atom is -0.333 e. The van der Waals surface area contributed by atoms with E-state index in [0.29, 0.717) is 48.0 Å². The lowest BCUT2D eigenvalue weighted by Crippen LogP contribution is -2.34. The summed E-state index contributed by atoms with van der Waals surface area (Å²) in [4.78, 5) is 19.2. The fraction of sp³-hybridized carbons (Fsp3) is 0.207. The van der Waals surface area contributed by atoms with E-state index in [1.165, 1.54) is 6.20 Å². The van der Waals surface area contributed by atoms with Crippen LogP contribution in [0.15, 0.2) is 60.8 Å². The molecule has 1 N–H and O–H groups in total. The Bertz CT molecular complexity index is 1650. The first-order valence-electron chi connectivity index (χ1n) is 12.3. The molecule has 2 aromatic heterocycles. The molecule has 11 heteroatoms. The summed E-state index contributed by atoms with van der Waals surface area (Å²) in [7, 11) is 0. The van der Waals surface area contributed by atoms with Crippen molar-refractivity contribution in [3.05, 3.63) is 105 Å². The number of hydrogen-bond donors (Lipinski definition) is 1. The summed E-state index contributed by atoms with van der Waals surface area (Å²) in [5.41, 5.74) is 1.61. The number of nitrogens with one attached hydrogen (secondary N) is 1. The first kappa shape index (κ1) is 27.4. The van der Waals surface area contributed by atoms with Crippen LogP contribution in [-0.2, 0) is 25.7 Å². The first-order chi connectivity index (χ1) is 19.1. The van der Waals surface area contributed by atoms with Gasteiger partial charge in [-0.15, -0.1) is 0 Å². The number of fused-ring (bicyclic) bond motifs is 3. The highest BCUT2D eigenvalue weighted by Crippen LogP contribution is 2.41. The first-order valence-corrected chi connectivity index (χ1v) is 12.7. The lowest BCUT2D eigenvalue weighted by molar-refractivity contribution is -0.136. The number of aromatic nitrogens is 2. The molecule has 0 saturated heterocycles. The van der Waals surface area contributed by atoms with Crippen molar-refractivity contribution in [2.24, 2.45) is 0 Å². The summed E-state index contributed by atoms with van der Waals surface area (Å²) in [5.74, 6) is -1.08. The number of benzene rings is 2. The topological polar surface area (TPSA) is 74.0 Å². The highest BCUT2D eigenvalue weighted by molar-refractivity contribution is 6.29. The molecule has 1 aliphatic rings. The molecule has 1 aliphatic heterocycles. The molecule has 0 fully saturated rings. The zero-order chi connectivity index (χ0) is 28.4. The van der Waals surface area contributed by atoms with E-state index in [9.17, 15) is 22.4 Å². The van der Waals surface area contributed by atoms with Crippen molar-refractivity contribution in [3.8, 4) is 6.07 Å². The molecule has 2 aromatic carbocycles. The normalized spacial score (nSPS) is 13.9. The summed E-state index contributed by atoms with van der Waals surface area (Å²) >= 11 is 5.91. The molecule has 0 saturated carbocycles. The van der Waals surface area contributed by atoms with Crippen molar-refractivity contribution in [2.45, 2.75) is 25.7 Å². The number of carbonyl (C=O) groups is 1. The van der Waals surface area contributed by atoms with Crippen LogP contribution >= 0.6 is 11.6 Å². The monoisotopic (exact) mass is 567 g/mol. The van der Waals surface area contributed by atoms with E-state index in [2.05, 4.69) is 16.4 Å². The lowest BCUT2D eigenvalue weighted by Gasteiger charge is -2.27. The molecule has 3 heterocycles. The van der Waals surface area contributed by atoms with E-state index in [4.69, 9.17) is 16.9 Å². The van der Waals surface area contributed by atoms with Crippen LogP contribution < -0.4 is 5.32 Å². The third-order valence-corrected chi connectivity index (χ3v) is 6.95. The van der Waals surface area contributed by atoms with Crippen molar-refractivity contribution in [2.75, 3.05) is 13.1 Å². The molecule has 5 rings (SSSR count). The average Bonchev–Trinajstić information content (AvgIpc) is 3.24. The molecule has 1 amide bonds. The predicted molar refractivity (Wildman–Crippen MR) is 143 cm³/mol. The van der Waals surface area contributed by atoms with Gasteiger partial charge in [-0.1, -0.05) is 35.9 Å². The number of rotatable bonds is 5. The van der Waals surface area contributed by atoms with Crippen molar-refractivity contribution < 1.29 is 22.4 Å². The quantitative estimate of drug-likeness (QED) is 0.219. The molecule has 0 bridgehead atoms. The molecule has 0 unspecified atom stereocenters. The zero-order valence-electron chi connectivity index (χ0n) is 21.0. The van der Waals surface area contributed by atoms with Crippen LogP contribution in [0.2, 0.25) is 5.15 Å². The van der Waals surface area contributed by atoms with Crippen LogP contribution in [0.5, 0.6) is 0 Å². The van der Waals surface area contributed by atoms with Crippen molar-refractivity contribution in [3.63, 3.8) is 0 Å². The number of pyridine rings is 1. The van der Waals surface area contributed by atoms with Crippen molar-refractivity contribution >= 4 is 34.6 Å². The van der Waals surface area contributed by atoms with E-state index >= 15 is 0 Å². The van der Waals surface area contributed by atoms with Gasteiger partial charge in [-0.05, 0) is 53.1 Å². The van der Waals surface area contributed by atoms with Crippen LogP contribution in [0, 0.1) is 17.1 Å². The maximum atomic E-state index is 14.5. The Morgan fingerprint density at radius 3 is 2.65 bits per heavy atom. The number of halogens is 5. The van der Waals surface area contributed by atoms with Gasteiger partial charge in [-0.3, -0.25) is 9.47 Å². The fourth-order valence-electron chi connectivity index (χ4n) is 4.94. The van der Waals surface area contributed by atoms with Crippen molar-refractivity contribution in [1.82, 2.24) is 19.8 Å². The van der Waals surface area contributed by atoms with Gasteiger partial charge in [0.05, 0.1) is 22.7 Å². The summed E-state index contributed by atoms with van der Waals surface area (Å²) in [6.45, 7) is 1.14. The van der Waals surface area contributed by atoms with Crippen LogP contribution in [0.1, 0.15) is 33.5 Å². The van der Waals surface area contributed by atoms with E-state index in [0.717, 1.165) is 16.2 Å². The number of nitriles is 1. The number of amides is 1. The van der Waals surface area contributed by atoms with Crippen LogP contribution in [0.3, 0.4) is 0 Å². The number of alkyl halides is 3. The lowest BCUT2D eigenvalue weighted by atomic mass is 10.00. The summed E-state index contributed by atoms with van der Waals surface area (Å²) < 4.78 is 57.9. The minimum atomic E-state index is -4.82. The SMILES string of the molecule is N#Cc1ccc(/C=C/CN2CCc3c(c4c(C(F)(F)F)cc(F)cc4n3C(=O)NCc3ccnc(Cl)c3)C2)cc1. The van der Waals surface area contributed by atoms with Gasteiger partial charge in [0.25, 0.3) is 0 Å². The summed E-state index contributed by atoms with van der Waals surface area (Å²) in [6, 6.07) is 13.1. The molecule has 40 heavy (non-hydrogen) atoms. The van der Waals surface area contributed by atoms with E-state index in [1.54, 1.807) is 36.4 Å². The smallest absolute Gasteiger partial charge is 0.333 e. The van der Waals surface area contributed by atoms with E-state index < -0.39 is 23.6 Å². The third kappa shape index (κ3) is 5.71. The van der Waals surface area contributed by atoms with Crippen molar-refractivity contribution in [1.29, 1.82) is 5.26 Å². The highest BCUT2D eigenvalue weighted by atomic mass is 35.5. The molecule has 4 aromatic rings. The average molecular weight is 568 g/mol. The Morgan fingerprint density at radius 2 is 1.95 bits per heavy atom. The molecular formula is C29H22ClF4N5O. The molecule has 204 valence electrons. The van der Waals surface area contributed by atoms with Gasteiger partial charge in [-0.25, -0.2) is 14.2 Å². The van der Waals surface area contributed by atoms with Gasteiger partial charge in [0, 0.05) is 49.9 Å².